The summed E-state index contributed by atoms with van der Waals surface area (Å²) >= 11 is 0. The lowest BCUT2D eigenvalue weighted by atomic mass is 9.81. The first-order valence-electron chi connectivity index (χ1n) is 8.29. The van der Waals surface area contributed by atoms with Crippen molar-refractivity contribution in [2.24, 2.45) is 11.8 Å². The van der Waals surface area contributed by atoms with Crippen molar-refractivity contribution < 1.29 is 14.5 Å². The number of likely N-dealkylation sites (tertiary alicyclic amines) is 1. The van der Waals surface area contributed by atoms with Gasteiger partial charge in [-0.05, 0) is 25.3 Å². The van der Waals surface area contributed by atoms with E-state index in [1.807, 2.05) is 12.1 Å². The van der Waals surface area contributed by atoms with E-state index in [0.717, 1.165) is 32.2 Å². The van der Waals surface area contributed by atoms with Crippen LogP contribution < -0.4 is 4.90 Å². The Morgan fingerprint density at radius 3 is 2.27 bits per heavy atom. The van der Waals surface area contributed by atoms with Crippen molar-refractivity contribution in [2.45, 2.75) is 39.2 Å². The molecule has 0 radical (unpaired) electrons. The number of fused-ring (bicyclic) bond motifs is 1. The van der Waals surface area contributed by atoms with Gasteiger partial charge in [-0.15, -0.1) is 0 Å². The van der Waals surface area contributed by atoms with Crippen LogP contribution in [-0.4, -0.2) is 30.4 Å². The van der Waals surface area contributed by atoms with E-state index in [4.69, 9.17) is 0 Å². The standard InChI is InChI=1S/C18H24N2O2/c1-13-7-3-4-8-14(13)11-19(2)12-20-17(21)15-9-5-6-10-16(15)18(20)22/h3-4,7-8,15-16H,5-6,9-12H2,1-2H3/p+1/t15-,16-/m0/s1. The van der Waals surface area contributed by atoms with Gasteiger partial charge in [0.2, 0.25) is 11.8 Å². The lowest BCUT2D eigenvalue weighted by Gasteiger charge is -2.21. The molecule has 22 heavy (non-hydrogen) atoms. The van der Waals surface area contributed by atoms with Crippen molar-refractivity contribution in [3.63, 3.8) is 0 Å². The van der Waals surface area contributed by atoms with Crippen LogP contribution in [0.25, 0.3) is 0 Å². The Labute approximate surface area is 132 Å². The summed E-state index contributed by atoms with van der Waals surface area (Å²) in [6.07, 6.45) is 3.95. The Balaban J connectivity index is 1.66. The molecule has 2 aliphatic rings. The SMILES string of the molecule is Cc1ccccc1C[NH+](C)CN1C(=O)[C@H]2CCCC[C@@H]2C1=O. The molecule has 118 valence electrons. The Bertz CT molecular complexity index is 560. The quantitative estimate of drug-likeness (QED) is 0.848. The molecule has 1 heterocycles. The minimum atomic E-state index is -0.0347. The number of amides is 2. The number of rotatable bonds is 4. The summed E-state index contributed by atoms with van der Waals surface area (Å²) in [5, 5.41) is 0. The summed E-state index contributed by atoms with van der Waals surface area (Å²) in [5.41, 5.74) is 2.53. The first-order chi connectivity index (χ1) is 10.6. The number of nitrogens with zero attached hydrogens (tertiary/aromatic N) is 1. The zero-order valence-electron chi connectivity index (χ0n) is 13.5. The number of nitrogens with one attached hydrogen (secondary N) is 1. The van der Waals surface area contributed by atoms with E-state index in [1.165, 1.54) is 20.9 Å². The molecule has 4 heteroatoms. The maximum absolute atomic E-state index is 12.5. The average molecular weight is 301 g/mol. The second-order valence-corrected chi connectivity index (χ2v) is 6.82. The molecule has 1 aromatic carbocycles. The van der Waals surface area contributed by atoms with E-state index < -0.39 is 0 Å². The van der Waals surface area contributed by atoms with Gasteiger partial charge in [-0.1, -0.05) is 37.1 Å². The molecule has 1 saturated carbocycles. The van der Waals surface area contributed by atoms with Crippen molar-refractivity contribution in [2.75, 3.05) is 13.7 Å². The fourth-order valence-electron chi connectivity index (χ4n) is 3.85. The molecule has 1 aliphatic carbocycles. The van der Waals surface area contributed by atoms with Gasteiger partial charge in [-0.3, -0.25) is 9.59 Å². The van der Waals surface area contributed by atoms with Crippen LogP contribution in [0.2, 0.25) is 0 Å². The lowest BCUT2D eigenvalue weighted by molar-refractivity contribution is -0.901. The van der Waals surface area contributed by atoms with E-state index in [9.17, 15) is 9.59 Å². The van der Waals surface area contributed by atoms with Crippen LogP contribution in [0.15, 0.2) is 24.3 Å². The average Bonchev–Trinajstić information content (AvgIpc) is 2.75. The first-order valence-corrected chi connectivity index (χ1v) is 8.29. The summed E-state index contributed by atoms with van der Waals surface area (Å²) in [5.74, 6) is 0.0673. The third-order valence-corrected chi connectivity index (χ3v) is 5.11. The molecule has 1 saturated heterocycles. The van der Waals surface area contributed by atoms with Gasteiger partial charge in [-0.2, -0.15) is 0 Å². The van der Waals surface area contributed by atoms with E-state index in [-0.39, 0.29) is 23.7 Å². The maximum Gasteiger partial charge on any atom is 0.237 e. The molecule has 3 rings (SSSR count). The number of imide groups is 1. The molecular weight excluding hydrogens is 276 g/mol. The Morgan fingerprint density at radius 1 is 1.09 bits per heavy atom. The van der Waals surface area contributed by atoms with Gasteiger partial charge in [0.05, 0.1) is 18.9 Å². The number of aryl methyl sites for hydroxylation is 1. The van der Waals surface area contributed by atoms with Crippen LogP contribution in [0, 0.1) is 18.8 Å². The summed E-state index contributed by atoms with van der Waals surface area (Å²) in [6.45, 7) is 3.42. The predicted octanol–water partition coefficient (Wildman–Crippen LogP) is 1.14. The molecule has 0 aromatic heterocycles. The van der Waals surface area contributed by atoms with Crippen molar-refractivity contribution in [1.82, 2.24) is 4.90 Å². The summed E-state index contributed by atoms with van der Waals surface area (Å²) in [6, 6.07) is 8.29. The number of benzene rings is 1. The Hall–Kier alpha value is -1.68. The number of carbonyl (C=O) groups excluding carboxylic acids is 2. The smallest absolute Gasteiger partial charge is 0.237 e. The highest BCUT2D eigenvalue weighted by molar-refractivity contribution is 6.05. The fraction of sp³-hybridized carbons (Fsp3) is 0.556. The molecule has 2 amide bonds. The first kappa shape index (κ1) is 15.2. The minimum absolute atomic E-state index is 0.0347. The second-order valence-electron chi connectivity index (χ2n) is 6.82. The molecule has 1 unspecified atom stereocenters. The molecule has 0 spiro atoms. The molecule has 1 aliphatic heterocycles. The Kier molecular flexibility index (Phi) is 4.30. The predicted molar refractivity (Wildman–Crippen MR) is 83.9 cm³/mol. The number of hydrogen-bond donors (Lipinski definition) is 1. The monoisotopic (exact) mass is 301 g/mol. The Morgan fingerprint density at radius 2 is 1.68 bits per heavy atom. The fourth-order valence-corrected chi connectivity index (χ4v) is 3.85. The van der Waals surface area contributed by atoms with Crippen molar-refractivity contribution >= 4 is 11.8 Å². The van der Waals surface area contributed by atoms with E-state index in [2.05, 4.69) is 26.1 Å². The van der Waals surface area contributed by atoms with Gasteiger partial charge in [-0.25, -0.2) is 4.90 Å². The van der Waals surface area contributed by atoms with Crippen LogP contribution in [0.3, 0.4) is 0 Å². The van der Waals surface area contributed by atoms with E-state index in [0.29, 0.717) is 6.67 Å². The third-order valence-electron chi connectivity index (χ3n) is 5.11. The summed E-state index contributed by atoms with van der Waals surface area (Å²) < 4.78 is 0. The minimum Gasteiger partial charge on any atom is -0.316 e. The zero-order chi connectivity index (χ0) is 15.7. The highest BCUT2D eigenvalue weighted by Gasteiger charge is 2.48. The van der Waals surface area contributed by atoms with Crippen LogP contribution in [0.4, 0.5) is 0 Å². The largest absolute Gasteiger partial charge is 0.316 e. The van der Waals surface area contributed by atoms with Crippen LogP contribution in [0.5, 0.6) is 0 Å². The molecule has 3 atom stereocenters. The second kappa shape index (κ2) is 6.21. The molecule has 1 N–H and O–H groups in total. The molecule has 0 bridgehead atoms. The van der Waals surface area contributed by atoms with Gasteiger partial charge < -0.3 is 4.90 Å². The highest BCUT2D eigenvalue weighted by Crippen LogP contribution is 2.37. The van der Waals surface area contributed by atoms with E-state index >= 15 is 0 Å². The van der Waals surface area contributed by atoms with Gasteiger partial charge in [0.1, 0.15) is 6.54 Å². The van der Waals surface area contributed by atoms with Gasteiger partial charge in [0, 0.05) is 5.56 Å². The number of quaternary nitrogens is 1. The number of carbonyl (C=O) groups is 2. The van der Waals surface area contributed by atoms with E-state index in [1.54, 1.807) is 0 Å². The summed E-state index contributed by atoms with van der Waals surface area (Å²) in [7, 11) is 2.05. The molecule has 4 nitrogen and oxygen atoms in total. The van der Waals surface area contributed by atoms with Crippen LogP contribution in [0.1, 0.15) is 36.8 Å². The van der Waals surface area contributed by atoms with Crippen molar-refractivity contribution in [1.29, 1.82) is 0 Å². The van der Waals surface area contributed by atoms with Gasteiger partial charge in [0.15, 0.2) is 6.67 Å². The molecule has 2 fully saturated rings. The normalized spacial score (nSPS) is 26.2. The maximum atomic E-state index is 12.5. The van der Waals surface area contributed by atoms with Crippen LogP contribution >= 0.6 is 0 Å². The zero-order valence-corrected chi connectivity index (χ0v) is 13.5. The van der Waals surface area contributed by atoms with Gasteiger partial charge >= 0.3 is 0 Å². The molecular formula is C18H25N2O2+. The third kappa shape index (κ3) is 2.80. The summed E-state index contributed by atoms with van der Waals surface area (Å²) in [4.78, 5) is 27.7. The number of hydrogen-bond acceptors (Lipinski definition) is 2. The molecule has 1 aromatic rings. The van der Waals surface area contributed by atoms with Gasteiger partial charge in [0.25, 0.3) is 0 Å². The van der Waals surface area contributed by atoms with Crippen molar-refractivity contribution in [3.05, 3.63) is 35.4 Å². The van der Waals surface area contributed by atoms with Crippen LogP contribution in [-0.2, 0) is 16.1 Å². The highest BCUT2D eigenvalue weighted by atomic mass is 16.2. The lowest BCUT2D eigenvalue weighted by Crippen LogP contribution is -3.09. The topological polar surface area (TPSA) is 41.8 Å². The van der Waals surface area contributed by atoms with Crippen molar-refractivity contribution in [3.8, 4) is 0 Å².